The van der Waals surface area contributed by atoms with Gasteiger partial charge in [0, 0.05) is 19.0 Å². The van der Waals surface area contributed by atoms with Crippen LogP contribution in [0.15, 0.2) is 24.3 Å². The molecule has 0 aliphatic heterocycles. The fourth-order valence-electron chi connectivity index (χ4n) is 1.29. The number of rotatable bonds is 5. The molecule has 1 amide bonds. The van der Waals surface area contributed by atoms with E-state index in [1.54, 1.807) is 6.08 Å². The maximum atomic E-state index is 11.8. The van der Waals surface area contributed by atoms with E-state index in [1.807, 2.05) is 18.7 Å². The number of nitrogens with zero attached hydrogens (tertiary/aromatic N) is 1. The van der Waals surface area contributed by atoms with Gasteiger partial charge in [0.15, 0.2) is 0 Å². The lowest BCUT2D eigenvalue weighted by Gasteiger charge is -2.19. The maximum Gasteiger partial charge on any atom is 0.226 e. The van der Waals surface area contributed by atoms with Crippen molar-refractivity contribution in [1.29, 1.82) is 0 Å². The molecule has 0 unspecified atom stereocenters. The molecule has 0 radical (unpaired) electrons. The molecule has 0 aromatic heterocycles. The van der Waals surface area contributed by atoms with Gasteiger partial charge in [0.1, 0.15) is 0 Å². The highest BCUT2D eigenvalue weighted by Gasteiger charge is 2.32. The van der Waals surface area contributed by atoms with Crippen LogP contribution in [-0.4, -0.2) is 23.9 Å². The smallest absolute Gasteiger partial charge is 0.226 e. The van der Waals surface area contributed by atoms with Crippen LogP contribution in [0.5, 0.6) is 0 Å². The molecule has 0 heterocycles. The molecule has 0 N–H and O–H groups in total. The number of amides is 1. The van der Waals surface area contributed by atoms with Gasteiger partial charge in [0.05, 0.1) is 0 Å². The van der Waals surface area contributed by atoms with Gasteiger partial charge in [-0.05, 0) is 26.7 Å². The van der Waals surface area contributed by atoms with Gasteiger partial charge in [-0.1, -0.05) is 17.7 Å². The average Bonchev–Trinajstić information content (AvgIpc) is 2.93. The summed E-state index contributed by atoms with van der Waals surface area (Å²) >= 11 is 0. The highest BCUT2D eigenvalue weighted by Crippen LogP contribution is 2.30. The van der Waals surface area contributed by atoms with E-state index in [2.05, 4.69) is 12.7 Å². The zero-order valence-electron chi connectivity index (χ0n) is 9.12. The molecule has 1 saturated carbocycles. The van der Waals surface area contributed by atoms with E-state index in [0.717, 1.165) is 19.4 Å². The predicted molar refractivity (Wildman–Crippen MR) is 58.9 cm³/mol. The summed E-state index contributed by atoms with van der Waals surface area (Å²) in [5.74, 6) is 0.600. The molecule has 0 aromatic rings. The van der Waals surface area contributed by atoms with Gasteiger partial charge in [-0.3, -0.25) is 4.79 Å². The van der Waals surface area contributed by atoms with Crippen molar-refractivity contribution in [2.75, 3.05) is 13.1 Å². The molecule has 1 aliphatic carbocycles. The second-order valence-electron chi connectivity index (χ2n) is 4.09. The zero-order chi connectivity index (χ0) is 10.6. The van der Waals surface area contributed by atoms with Crippen molar-refractivity contribution < 1.29 is 4.79 Å². The summed E-state index contributed by atoms with van der Waals surface area (Å²) in [6.45, 7) is 9.17. The number of carbonyl (C=O) groups is 1. The third kappa shape index (κ3) is 3.36. The molecular weight excluding hydrogens is 174 g/mol. The molecule has 0 atom stereocenters. The van der Waals surface area contributed by atoms with Crippen molar-refractivity contribution in [2.24, 2.45) is 5.92 Å². The van der Waals surface area contributed by atoms with Crippen molar-refractivity contribution >= 4 is 5.91 Å². The normalized spacial score (nSPS) is 14.7. The van der Waals surface area contributed by atoms with Crippen molar-refractivity contribution in [3.05, 3.63) is 24.3 Å². The van der Waals surface area contributed by atoms with E-state index in [9.17, 15) is 4.79 Å². The van der Waals surface area contributed by atoms with E-state index in [4.69, 9.17) is 0 Å². The van der Waals surface area contributed by atoms with E-state index < -0.39 is 0 Å². The first kappa shape index (κ1) is 11.0. The van der Waals surface area contributed by atoms with Gasteiger partial charge in [-0.2, -0.15) is 0 Å². The van der Waals surface area contributed by atoms with Gasteiger partial charge >= 0.3 is 0 Å². The molecule has 0 aromatic carbocycles. The minimum absolute atomic E-state index is 0.294. The minimum Gasteiger partial charge on any atom is -0.335 e. The summed E-state index contributed by atoms with van der Waals surface area (Å²) in [7, 11) is 0. The van der Waals surface area contributed by atoms with Crippen LogP contribution in [0.3, 0.4) is 0 Å². The van der Waals surface area contributed by atoms with E-state index in [1.165, 1.54) is 5.57 Å². The molecule has 1 rings (SSSR count). The topological polar surface area (TPSA) is 20.3 Å². The van der Waals surface area contributed by atoms with Crippen LogP contribution in [0, 0.1) is 5.92 Å². The fraction of sp³-hybridized carbons (Fsp3) is 0.583. The molecule has 0 saturated heterocycles. The summed E-state index contributed by atoms with van der Waals surface area (Å²) < 4.78 is 0. The summed E-state index contributed by atoms with van der Waals surface area (Å²) in [5.41, 5.74) is 1.25. The largest absolute Gasteiger partial charge is 0.335 e. The Kier molecular flexibility index (Phi) is 3.93. The molecule has 0 bridgehead atoms. The highest BCUT2D eigenvalue weighted by atomic mass is 16.2. The van der Waals surface area contributed by atoms with Crippen molar-refractivity contribution in [3.8, 4) is 0 Å². The molecule has 78 valence electrons. The first-order valence-corrected chi connectivity index (χ1v) is 5.18. The Morgan fingerprint density at radius 3 is 2.50 bits per heavy atom. The van der Waals surface area contributed by atoms with Gasteiger partial charge < -0.3 is 4.90 Å². The summed E-state index contributed by atoms with van der Waals surface area (Å²) in [6, 6.07) is 0. The maximum absolute atomic E-state index is 11.8. The Labute approximate surface area is 86.3 Å². The summed E-state index contributed by atoms with van der Waals surface area (Å²) in [5, 5.41) is 0. The molecular formula is C12H19NO. The van der Waals surface area contributed by atoms with Crippen LogP contribution in [0.2, 0.25) is 0 Å². The van der Waals surface area contributed by atoms with Crippen LogP contribution in [0.25, 0.3) is 0 Å². The van der Waals surface area contributed by atoms with Crippen LogP contribution in [0.4, 0.5) is 0 Å². The molecule has 0 spiro atoms. The lowest BCUT2D eigenvalue weighted by Crippen LogP contribution is -2.32. The van der Waals surface area contributed by atoms with Crippen LogP contribution in [0.1, 0.15) is 26.7 Å². The Bertz CT molecular complexity index is 247. The first-order chi connectivity index (χ1) is 6.65. The van der Waals surface area contributed by atoms with Crippen molar-refractivity contribution in [3.63, 3.8) is 0 Å². The van der Waals surface area contributed by atoms with Gasteiger partial charge in [-0.15, -0.1) is 6.58 Å². The second-order valence-corrected chi connectivity index (χ2v) is 4.09. The number of hydrogen-bond donors (Lipinski definition) is 0. The lowest BCUT2D eigenvalue weighted by atomic mass is 10.3. The molecule has 14 heavy (non-hydrogen) atoms. The van der Waals surface area contributed by atoms with E-state index in [-0.39, 0.29) is 0 Å². The van der Waals surface area contributed by atoms with Crippen LogP contribution < -0.4 is 0 Å². The predicted octanol–water partition coefficient (Wildman–Crippen LogP) is 2.38. The van der Waals surface area contributed by atoms with Gasteiger partial charge in [0.25, 0.3) is 0 Å². The van der Waals surface area contributed by atoms with Gasteiger partial charge in [-0.25, -0.2) is 0 Å². The zero-order valence-corrected chi connectivity index (χ0v) is 9.12. The Morgan fingerprint density at radius 1 is 1.43 bits per heavy atom. The highest BCUT2D eigenvalue weighted by molar-refractivity contribution is 5.81. The number of allylic oxidation sites excluding steroid dienone is 1. The first-order valence-electron chi connectivity index (χ1n) is 5.18. The Balaban J connectivity index is 2.48. The molecule has 1 fully saturated rings. The number of carbonyl (C=O) groups excluding carboxylic acids is 1. The Morgan fingerprint density at radius 2 is 2.07 bits per heavy atom. The quantitative estimate of drug-likeness (QED) is 0.614. The van der Waals surface area contributed by atoms with E-state index in [0.29, 0.717) is 18.4 Å². The average molecular weight is 193 g/mol. The summed E-state index contributed by atoms with van der Waals surface area (Å²) in [6.07, 6.45) is 6.02. The van der Waals surface area contributed by atoms with Crippen LogP contribution in [-0.2, 0) is 4.79 Å². The molecule has 2 nitrogen and oxygen atoms in total. The lowest BCUT2D eigenvalue weighted by molar-refractivity contribution is -0.131. The third-order valence-electron chi connectivity index (χ3n) is 2.31. The molecule has 1 aliphatic rings. The van der Waals surface area contributed by atoms with Crippen LogP contribution >= 0.6 is 0 Å². The van der Waals surface area contributed by atoms with Gasteiger partial charge in [0.2, 0.25) is 5.91 Å². The van der Waals surface area contributed by atoms with E-state index >= 15 is 0 Å². The standard InChI is InChI=1S/C12H19NO/c1-4-8-13(9-7-10(2)3)12(14)11-5-6-11/h4,7,11H,1,5-6,8-9H2,2-3H3. The van der Waals surface area contributed by atoms with Crippen molar-refractivity contribution in [2.45, 2.75) is 26.7 Å². The monoisotopic (exact) mass is 193 g/mol. The molecule has 2 heteroatoms. The number of hydrogen-bond acceptors (Lipinski definition) is 1. The van der Waals surface area contributed by atoms with Crippen molar-refractivity contribution in [1.82, 2.24) is 4.90 Å². The second kappa shape index (κ2) is 4.99. The summed E-state index contributed by atoms with van der Waals surface area (Å²) in [4.78, 5) is 13.6. The fourth-order valence-corrected chi connectivity index (χ4v) is 1.29. The third-order valence-corrected chi connectivity index (χ3v) is 2.31. The Hall–Kier alpha value is -1.05. The minimum atomic E-state index is 0.294. The SMILES string of the molecule is C=CCN(CC=C(C)C)C(=O)C1CC1.